The van der Waals surface area contributed by atoms with E-state index in [9.17, 15) is 9.59 Å². The van der Waals surface area contributed by atoms with E-state index in [-0.39, 0.29) is 5.91 Å². The van der Waals surface area contributed by atoms with E-state index in [4.69, 9.17) is 5.11 Å². The van der Waals surface area contributed by atoms with Crippen LogP contribution < -0.4 is 10.2 Å². The molecule has 1 fully saturated rings. The van der Waals surface area contributed by atoms with Crippen LogP contribution in [0.25, 0.3) is 0 Å². The van der Waals surface area contributed by atoms with Crippen molar-refractivity contribution in [3.63, 3.8) is 0 Å². The number of carboxylic acids is 1. The molecule has 5 heteroatoms. The Morgan fingerprint density at radius 2 is 2.00 bits per heavy atom. The zero-order valence-electron chi connectivity index (χ0n) is 12.6. The Morgan fingerprint density at radius 1 is 1.33 bits per heavy atom. The Labute approximate surface area is 125 Å². The number of anilines is 1. The normalized spacial score (nSPS) is 15.8. The van der Waals surface area contributed by atoms with Crippen LogP contribution in [0.4, 0.5) is 5.69 Å². The minimum absolute atomic E-state index is 0.0255. The molecule has 2 N–H and O–H groups in total. The SMILES string of the molecule is CC(=O)NCC1CCN(c2ccc(C(=O)O)cc2C)CC1. The molecule has 2 rings (SSSR count). The monoisotopic (exact) mass is 290 g/mol. The van der Waals surface area contributed by atoms with E-state index in [1.807, 2.05) is 13.0 Å². The summed E-state index contributed by atoms with van der Waals surface area (Å²) in [6.07, 6.45) is 2.08. The minimum Gasteiger partial charge on any atom is -0.478 e. The lowest BCUT2D eigenvalue weighted by Gasteiger charge is -2.34. The van der Waals surface area contributed by atoms with Crippen molar-refractivity contribution in [3.8, 4) is 0 Å². The number of nitrogens with zero attached hydrogens (tertiary/aromatic N) is 1. The summed E-state index contributed by atoms with van der Waals surface area (Å²) in [5, 5.41) is 11.9. The van der Waals surface area contributed by atoms with Gasteiger partial charge in [0.2, 0.25) is 5.91 Å². The smallest absolute Gasteiger partial charge is 0.335 e. The number of hydrogen-bond donors (Lipinski definition) is 2. The highest BCUT2D eigenvalue weighted by molar-refractivity contribution is 5.88. The van der Waals surface area contributed by atoms with Gasteiger partial charge >= 0.3 is 5.97 Å². The molecule has 1 aliphatic rings. The summed E-state index contributed by atoms with van der Waals surface area (Å²) >= 11 is 0. The zero-order chi connectivity index (χ0) is 15.4. The van der Waals surface area contributed by atoms with Gasteiger partial charge in [-0.25, -0.2) is 4.79 Å². The van der Waals surface area contributed by atoms with Gasteiger partial charge in [0.25, 0.3) is 0 Å². The van der Waals surface area contributed by atoms with Gasteiger partial charge in [-0.1, -0.05) is 0 Å². The van der Waals surface area contributed by atoms with E-state index in [0.717, 1.165) is 43.7 Å². The molecule has 21 heavy (non-hydrogen) atoms. The van der Waals surface area contributed by atoms with E-state index in [1.54, 1.807) is 19.1 Å². The number of carbonyl (C=O) groups is 2. The highest BCUT2D eigenvalue weighted by Gasteiger charge is 2.20. The van der Waals surface area contributed by atoms with Crippen LogP contribution in [0, 0.1) is 12.8 Å². The fraction of sp³-hybridized carbons (Fsp3) is 0.500. The maximum atomic E-state index is 11.0. The molecular weight excluding hydrogens is 268 g/mol. The quantitative estimate of drug-likeness (QED) is 0.890. The lowest BCUT2D eigenvalue weighted by molar-refractivity contribution is -0.119. The highest BCUT2D eigenvalue weighted by atomic mass is 16.4. The summed E-state index contributed by atoms with van der Waals surface area (Å²) < 4.78 is 0. The second-order valence-electron chi connectivity index (χ2n) is 5.67. The summed E-state index contributed by atoms with van der Waals surface area (Å²) in [7, 11) is 0. The van der Waals surface area contributed by atoms with Crippen molar-refractivity contribution in [3.05, 3.63) is 29.3 Å². The number of amides is 1. The number of carbonyl (C=O) groups excluding carboxylic acids is 1. The van der Waals surface area contributed by atoms with Gasteiger partial charge in [-0.3, -0.25) is 4.79 Å². The third-order valence-corrected chi connectivity index (χ3v) is 4.04. The summed E-state index contributed by atoms with van der Waals surface area (Å²) in [6.45, 7) is 6.13. The molecule has 0 aliphatic carbocycles. The standard InChI is InChI=1S/C16H22N2O3/c1-11-9-14(16(20)21)3-4-15(11)18-7-5-13(6-8-18)10-17-12(2)19/h3-4,9,13H,5-8,10H2,1-2H3,(H,17,19)(H,20,21). The van der Waals surface area contributed by atoms with Gasteiger partial charge in [-0.2, -0.15) is 0 Å². The molecule has 0 spiro atoms. The summed E-state index contributed by atoms with van der Waals surface area (Å²) in [6, 6.07) is 5.28. The Balaban J connectivity index is 1.96. The Bertz CT molecular complexity index is 534. The maximum Gasteiger partial charge on any atom is 0.335 e. The van der Waals surface area contributed by atoms with Gasteiger partial charge in [0.15, 0.2) is 0 Å². The topological polar surface area (TPSA) is 69.6 Å². The highest BCUT2D eigenvalue weighted by Crippen LogP contribution is 2.26. The molecule has 0 saturated carbocycles. The van der Waals surface area contributed by atoms with Crippen molar-refractivity contribution in [1.29, 1.82) is 0 Å². The first-order valence-electron chi connectivity index (χ1n) is 7.30. The second-order valence-corrected chi connectivity index (χ2v) is 5.67. The number of benzene rings is 1. The van der Waals surface area contributed by atoms with Gasteiger partial charge in [-0.05, 0) is 49.4 Å². The molecular formula is C16H22N2O3. The van der Waals surface area contributed by atoms with Gasteiger partial charge in [0.05, 0.1) is 5.56 Å². The van der Waals surface area contributed by atoms with E-state index < -0.39 is 5.97 Å². The molecule has 1 aliphatic heterocycles. The third kappa shape index (κ3) is 3.97. The summed E-state index contributed by atoms with van der Waals surface area (Å²) in [5.41, 5.74) is 2.44. The fourth-order valence-corrected chi connectivity index (χ4v) is 2.81. The van der Waals surface area contributed by atoms with Crippen molar-refractivity contribution in [2.75, 3.05) is 24.5 Å². The Kier molecular flexibility index (Phi) is 4.83. The van der Waals surface area contributed by atoms with Gasteiger partial charge in [-0.15, -0.1) is 0 Å². The molecule has 0 aromatic heterocycles. The predicted octanol–water partition coefficient (Wildman–Crippen LogP) is 2.05. The van der Waals surface area contributed by atoms with Crippen LogP contribution in [-0.4, -0.2) is 36.6 Å². The van der Waals surface area contributed by atoms with Crippen molar-refractivity contribution in [2.24, 2.45) is 5.92 Å². The molecule has 0 atom stereocenters. The second kappa shape index (κ2) is 6.61. The lowest BCUT2D eigenvalue weighted by atomic mass is 9.95. The number of aryl methyl sites for hydroxylation is 1. The molecule has 1 aromatic carbocycles. The first-order valence-corrected chi connectivity index (χ1v) is 7.30. The number of aromatic carboxylic acids is 1. The molecule has 1 amide bonds. The summed E-state index contributed by atoms with van der Waals surface area (Å²) in [5.74, 6) is -0.333. The van der Waals surface area contributed by atoms with Crippen molar-refractivity contribution < 1.29 is 14.7 Å². The minimum atomic E-state index is -0.890. The van der Waals surface area contributed by atoms with Crippen LogP contribution in [0.2, 0.25) is 0 Å². The van der Waals surface area contributed by atoms with E-state index in [0.29, 0.717) is 11.5 Å². The first kappa shape index (κ1) is 15.4. The molecule has 1 aromatic rings. The van der Waals surface area contributed by atoms with Gasteiger partial charge in [0, 0.05) is 32.2 Å². The average Bonchev–Trinajstić information content (AvgIpc) is 2.45. The van der Waals surface area contributed by atoms with Crippen molar-refractivity contribution >= 4 is 17.6 Å². The van der Waals surface area contributed by atoms with E-state index in [2.05, 4.69) is 10.2 Å². The largest absolute Gasteiger partial charge is 0.478 e. The molecule has 1 heterocycles. The zero-order valence-corrected chi connectivity index (χ0v) is 12.6. The molecule has 0 unspecified atom stereocenters. The fourth-order valence-electron chi connectivity index (χ4n) is 2.81. The average molecular weight is 290 g/mol. The Hall–Kier alpha value is -2.04. The predicted molar refractivity (Wildman–Crippen MR) is 81.8 cm³/mol. The maximum absolute atomic E-state index is 11.0. The van der Waals surface area contributed by atoms with Crippen molar-refractivity contribution in [1.82, 2.24) is 5.32 Å². The van der Waals surface area contributed by atoms with Crippen LogP contribution in [0.3, 0.4) is 0 Å². The third-order valence-electron chi connectivity index (χ3n) is 4.04. The molecule has 0 radical (unpaired) electrons. The number of piperidine rings is 1. The Morgan fingerprint density at radius 3 is 2.52 bits per heavy atom. The first-order chi connectivity index (χ1) is 9.97. The van der Waals surface area contributed by atoms with Gasteiger partial charge < -0.3 is 15.3 Å². The van der Waals surface area contributed by atoms with Gasteiger partial charge in [0.1, 0.15) is 0 Å². The lowest BCUT2D eigenvalue weighted by Crippen LogP contribution is -2.38. The van der Waals surface area contributed by atoms with Crippen LogP contribution in [-0.2, 0) is 4.79 Å². The van der Waals surface area contributed by atoms with Crippen LogP contribution >= 0.6 is 0 Å². The number of carboxylic acid groups (broad SMARTS) is 1. The van der Waals surface area contributed by atoms with Crippen LogP contribution in [0.1, 0.15) is 35.7 Å². The molecule has 114 valence electrons. The van der Waals surface area contributed by atoms with E-state index >= 15 is 0 Å². The van der Waals surface area contributed by atoms with Crippen LogP contribution in [0.15, 0.2) is 18.2 Å². The molecule has 5 nitrogen and oxygen atoms in total. The van der Waals surface area contributed by atoms with E-state index in [1.165, 1.54) is 0 Å². The molecule has 0 bridgehead atoms. The number of rotatable bonds is 4. The summed E-state index contributed by atoms with van der Waals surface area (Å²) in [4.78, 5) is 24.2. The molecule has 1 saturated heterocycles. The number of nitrogens with one attached hydrogen (secondary N) is 1. The van der Waals surface area contributed by atoms with Crippen molar-refractivity contribution in [2.45, 2.75) is 26.7 Å². The van der Waals surface area contributed by atoms with Crippen LogP contribution in [0.5, 0.6) is 0 Å². The number of hydrogen-bond acceptors (Lipinski definition) is 3.